The van der Waals surface area contributed by atoms with Crippen molar-refractivity contribution < 1.29 is 9.21 Å². The summed E-state index contributed by atoms with van der Waals surface area (Å²) in [5, 5.41) is 15.0. The number of anilines is 1. The lowest BCUT2D eigenvalue weighted by Crippen LogP contribution is -2.16. The van der Waals surface area contributed by atoms with Crippen LogP contribution >= 0.6 is 11.3 Å². The highest BCUT2D eigenvalue weighted by Gasteiger charge is 2.17. The van der Waals surface area contributed by atoms with E-state index in [2.05, 4.69) is 20.6 Å². The first-order chi connectivity index (χ1) is 11.0. The molecular formula is C15H17N5O2S. The largest absolute Gasteiger partial charge is 0.420 e. The van der Waals surface area contributed by atoms with E-state index in [1.807, 2.05) is 26.8 Å². The Morgan fingerprint density at radius 2 is 2.17 bits per heavy atom. The molecule has 0 saturated carbocycles. The molecule has 3 aromatic heterocycles. The Balaban J connectivity index is 1.83. The molecule has 0 aliphatic rings. The lowest BCUT2D eigenvalue weighted by atomic mass is 10.2. The zero-order valence-electron chi connectivity index (χ0n) is 13.3. The fourth-order valence-corrected chi connectivity index (χ4v) is 2.96. The minimum Gasteiger partial charge on any atom is -0.420 e. The fourth-order valence-electron chi connectivity index (χ4n) is 2.06. The number of nitrogens with zero attached hydrogens (tertiary/aromatic N) is 4. The number of nitrogens with one attached hydrogen (secondary N) is 1. The third-order valence-corrected chi connectivity index (χ3v) is 4.40. The van der Waals surface area contributed by atoms with Gasteiger partial charge in [0.1, 0.15) is 5.69 Å². The maximum Gasteiger partial charge on any atom is 0.273 e. The Kier molecular flexibility index (Phi) is 3.99. The topological polar surface area (TPSA) is 85.8 Å². The van der Waals surface area contributed by atoms with Crippen LogP contribution in [0.2, 0.25) is 0 Å². The maximum absolute atomic E-state index is 12.3. The second kappa shape index (κ2) is 5.96. The highest BCUT2D eigenvalue weighted by atomic mass is 32.1. The molecule has 1 N–H and O–H groups in total. The summed E-state index contributed by atoms with van der Waals surface area (Å²) in [7, 11) is 1.73. The molecule has 0 radical (unpaired) electrons. The van der Waals surface area contributed by atoms with Crippen LogP contribution in [0.15, 0.2) is 22.7 Å². The average molecular weight is 331 g/mol. The lowest BCUT2D eigenvalue weighted by molar-refractivity contribution is 0.101. The molecule has 0 atom stereocenters. The van der Waals surface area contributed by atoms with Gasteiger partial charge in [0.25, 0.3) is 11.8 Å². The van der Waals surface area contributed by atoms with Gasteiger partial charge >= 0.3 is 0 Å². The van der Waals surface area contributed by atoms with E-state index >= 15 is 0 Å². The van der Waals surface area contributed by atoms with Crippen LogP contribution in [0.5, 0.6) is 0 Å². The summed E-state index contributed by atoms with van der Waals surface area (Å²) in [6.07, 6.45) is 1.59. The van der Waals surface area contributed by atoms with Gasteiger partial charge in [-0.25, -0.2) is 0 Å². The number of aryl methyl sites for hydroxylation is 2. The number of carbonyl (C=O) groups excluding carboxylic acids is 1. The summed E-state index contributed by atoms with van der Waals surface area (Å²) in [6.45, 7) is 5.93. The second-order valence-corrected chi connectivity index (χ2v) is 6.73. The van der Waals surface area contributed by atoms with E-state index < -0.39 is 0 Å². The molecule has 7 nitrogen and oxygen atoms in total. The van der Waals surface area contributed by atoms with Gasteiger partial charge in [0.15, 0.2) is 0 Å². The molecule has 0 fully saturated rings. The average Bonchev–Trinajstić information content (AvgIpc) is 3.19. The molecule has 0 spiro atoms. The van der Waals surface area contributed by atoms with E-state index in [0.717, 1.165) is 15.4 Å². The summed E-state index contributed by atoms with van der Waals surface area (Å²) in [4.78, 5) is 14.1. The van der Waals surface area contributed by atoms with E-state index in [1.54, 1.807) is 19.3 Å². The van der Waals surface area contributed by atoms with E-state index in [1.165, 1.54) is 16.0 Å². The molecule has 23 heavy (non-hydrogen) atoms. The predicted octanol–water partition coefficient (Wildman–Crippen LogP) is 3.22. The number of hydrogen-bond acceptors (Lipinski definition) is 6. The van der Waals surface area contributed by atoms with Gasteiger partial charge in [-0.3, -0.25) is 9.48 Å². The molecule has 0 aromatic carbocycles. The normalized spacial score (nSPS) is 11.2. The van der Waals surface area contributed by atoms with Crippen LogP contribution < -0.4 is 5.32 Å². The predicted molar refractivity (Wildman–Crippen MR) is 87.6 cm³/mol. The van der Waals surface area contributed by atoms with Crippen molar-refractivity contribution in [2.45, 2.75) is 26.7 Å². The van der Waals surface area contributed by atoms with Gasteiger partial charge in [-0.15, -0.1) is 21.5 Å². The van der Waals surface area contributed by atoms with Crippen molar-refractivity contribution in [1.29, 1.82) is 0 Å². The van der Waals surface area contributed by atoms with Gasteiger partial charge in [0.2, 0.25) is 5.89 Å². The van der Waals surface area contributed by atoms with E-state index in [0.29, 0.717) is 17.5 Å². The summed E-state index contributed by atoms with van der Waals surface area (Å²) < 4.78 is 7.19. The van der Waals surface area contributed by atoms with Crippen molar-refractivity contribution in [3.8, 4) is 10.8 Å². The van der Waals surface area contributed by atoms with Crippen LogP contribution in [-0.2, 0) is 7.05 Å². The molecule has 3 rings (SSSR count). The summed E-state index contributed by atoms with van der Waals surface area (Å²) in [5.74, 6) is 1.06. The van der Waals surface area contributed by atoms with E-state index in [9.17, 15) is 4.79 Å². The van der Waals surface area contributed by atoms with Gasteiger partial charge in [-0.05, 0) is 19.1 Å². The maximum atomic E-state index is 12.3. The standard InChI is InChI=1S/C15H17N5O2S/c1-8(2)14-18-19-15(22-14)12-7-10(9(3)23-12)17-13(21)11-5-6-16-20(11)4/h5-8H,1-4H3,(H,17,21). The van der Waals surface area contributed by atoms with E-state index in [-0.39, 0.29) is 11.8 Å². The van der Waals surface area contributed by atoms with Crippen molar-refractivity contribution in [3.63, 3.8) is 0 Å². The third kappa shape index (κ3) is 3.02. The van der Waals surface area contributed by atoms with Crippen LogP contribution in [0, 0.1) is 6.92 Å². The highest BCUT2D eigenvalue weighted by molar-refractivity contribution is 7.15. The summed E-state index contributed by atoms with van der Waals surface area (Å²) in [6, 6.07) is 3.52. The van der Waals surface area contributed by atoms with Crippen molar-refractivity contribution >= 4 is 22.9 Å². The summed E-state index contributed by atoms with van der Waals surface area (Å²) >= 11 is 1.50. The zero-order chi connectivity index (χ0) is 16.6. The quantitative estimate of drug-likeness (QED) is 0.793. The first kappa shape index (κ1) is 15.4. The molecule has 0 unspecified atom stereocenters. The number of carbonyl (C=O) groups is 1. The first-order valence-corrected chi connectivity index (χ1v) is 8.01. The number of thiophene rings is 1. The number of hydrogen-bond donors (Lipinski definition) is 1. The molecular weight excluding hydrogens is 314 g/mol. The zero-order valence-corrected chi connectivity index (χ0v) is 14.1. The number of rotatable bonds is 4. The Morgan fingerprint density at radius 3 is 2.78 bits per heavy atom. The smallest absolute Gasteiger partial charge is 0.273 e. The van der Waals surface area contributed by atoms with Crippen molar-refractivity contribution in [1.82, 2.24) is 20.0 Å². The molecule has 3 aromatic rings. The number of amides is 1. The Hall–Kier alpha value is -2.48. The molecule has 0 bridgehead atoms. The highest BCUT2D eigenvalue weighted by Crippen LogP contribution is 2.34. The summed E-state index contributed by atoms with van der Waals surface area (Å²) in [5.41, 5.74) is 1.23. The second-order valence-electron chi connectivity index (χ2n) is 5.47. The van der Waals surface area contributed by atoms with Gasteiger partial charge in [-0.2, -0.15) is 5.10 Å². The number of aromatic nitrogens is 4. The van der Waals surface area contributed by atoms with Crippen molar-refractivity contribution in [2.24, 2.45) is 7.05 Å². The minimum atomic E-state index is -0.203. The Labute approximate surface area is 137 Å². The van der Waals surface area contributed by atoms with Crippen LogP contribution in [-0.4, -0.2) is 25.9 Å². The molecule has 120 valence electrons. The monoisotopic (exact) mass is 331 g/mol. The molecule has 0 saturated heterocycles. The van der Waals surface area contributed by atoms with Crippen LogP contribution in [0.4, 0.5) is 5.69 Å². The third-order valence-electron chi connectivity index (χ3n) is 3.36. The van der Waals surface area contributed by atoms with Crippen LogP contribution in [0.25, 0.3) is 10.8 Å². The lowest BCUT2D eigenvalue weighted by Gasteiger charge is -2.04. The van der Waals surface area contributed by atoms with Crippen molar-refractivity contribution in [3.05, 3.63) is 34.8 Å². The minimum absolute atomic E-state index is 0.182. The van der Waals surface area contributed by atoms with Gasteiger partial charge < -0.3 is 9.73 Å². The molecule has 3 heterocycles. The van der Waals surface area contributed by atoms with Crippen molar-refractivity contribution in [2.75, 3.05) is 5.32 Å². The Bertz CT molecular complexity index is 846. The molecule has 0 aliphatic carbocycles. The van der Waals surface area contributed by atoms with Gasteiger partial charge in [0, 0.05) is 24.0 Å². The molecule has 0 aliphatic heterocycles. The van der Waals surface area contributed by atoms with Crippen LogP contribution in [0.3, 0.4) is 0 Å². The van der Waals surface area contributed by atoms with E-state index in [4.69, 9.17) is 4.42 Å². The first-order valence-electron chi connectivity index (χ1n) is 7.19. The van der Waals surface area contributed by atoms with Gasteiger partial charge in [0.05, 0.1) is 10.6 Å². The molecule has 8 heteroatoms. The van der Waals surface area contributed by atoms with Crippen LogP contribution in [0.1, 0.15) is 41.0 Å². The fraction of sp³-hybridized carbons (Fsp3) is 0.333. The van der Waals surface area contributed by atoms with Gasteiger partial charge in [-0.1, -0.05) is 13.8 Å². The molecule has 1 amide bonds. The SMILES string of the molecule is Cc1sc(-c2nnc(C(C)C)o2)cc1NC(=O)c1ccnn1C. The Morgan fingerprint density at radius 1 is 1.39 bits per heavy atom.